The van der Waals surface area contributed by atoms with E-state index in [1.807, 2.05) is 61.8 Å². The molecule has 134 valence electrons. The van der Waals surface area contributed by atoms with E-state index in [0.717, 1.165) is 27.6 Å². The lowest BCUT2D eigenvalue weighted by Crippen LogP contribution is -2.30. The Morgan fingerprint density at radius 2 is 1.41 bits per heavy atom. The molecule has 27 heavy (non-hydrogen) atoms. The van der Waals surface area contributed by atoms with Gasteiger partial charge in [0.1, 0.15) is 0 Å². The van der Waals surface area contributed by atoms with Crippen LogP contribution in [0.2, 0.25) is 0 Å². The standard InChI is InChI=1S/C24H22N2O/c1-26-17-20(21-14-8-9-15-22(21)26)16-23(27)25-24(18-10-4-2-5-11-18)19-12-6-3-7-13-19/h2-15,17,24H,16H2,1H3,(H,25,27). The van der Waals surface area contributed by atoms with Crippen molar-refractivity contribution in [2.24, 2.45) is 7.05 Å². The monoisotopic (exact) mass is 354 g/mol. The number of benzene rings is 3. The fourth-order valence-corrected chi connectivity index (χ4v) is 3.60. The Labute approximate surface area is 159 Å². The Kier molecular flexibility index (Phi) is 4.75. The fraction of sp³-hybridized carbons (Fsp3) is 0.125. The summed E-state index contributed by atoms with van der Waals surface area (Å²) in [6, 6.07) is 28.2. The number of carbonyl (C=O) groups excluding carboxylic acids is 1. The number of rotatable bonds is 5. The van der Waals surface area contributed by atoms with E-state index in [-0.39, 0.29) is 11.9 Å². The third-order valence-corrected chi connectivity index (χ3v) is 4.90. The molecule has 0 saturated carbocycles. The zero-order valence-electron chi connectivity index (χ0n) is 15.3. The Hall–Kier alpha value is -3.33. The zero-order chi connectivity index (χ0) is 18.6. The Morgan fingerprint density at radius 3 is 2.04 bits per heavy atom. The van der Waals surface area contributed by atoms with Gasteiger partial charge in [-0.2, -0.15) is 0 Å². The predicted octanol–water partition coefficient (Wildman–Crippen LogP) is 4.63. The minimum Gasteiger partial charge on any atom is -0.350 e. The van der Waals surface area contributed by atoms with Crippen LogP contribution in [0.3, 0.4) is 0 Å². The Balaban J connectivity index is 1.60. The number of para-hydroxylation sites is 1. The molecule has 0 bridgehead atoms. The highest BCUT2D eigenvalue weighted by Crippen LogP contribution is 2.24. The van der Waals surface area contributed by atoms with Crippen molar-refractivity contribution in [1.29, 1.82) is 0 Å². The van der Waals surface area contributed by atoms with Gasteiger partial charge in [0, 0.05) is 24.1 Å². The molecule has 4 aromatic rings. The molecular weight excluding hydrogens is 332 g/mol. The van der Waals surface area contributed by atoms with Gasteiger partial charge in [-0.25, -0.2) is 0 Å². The molecule has 1 heterocycles. The molecular formula is C24H22N2O. The molecule has 0 saturated heterocycles. The summed E-state index contributed by atoms with van der Waals surface area (Å²) in [5, 5.41) is 4.35. The minimum atomic E-state index is -0.158. The maximum atomic E-state index is 12.9. The van der Waals surface area contributed by atoms with E-state index in [9.17, 15) is 4.79 Å². The Bertz CT molecular complexity index is 1010. The SMILES string of the molecule is Cn1cc(CC(=O)NC(c2ccccc2)c2ccccc2)c2ccccc21. The summed E-state index contributed by atoms with van der Waals surface area (Å²) in [5.41, 5.74) is 4.35. The second-order valence-corrected chi connectivity index (χ2v) is 6.78. The van der Waals surface area contributed by atoms with Crippen LogP contribution in [0, 0.1) is 0 Å². The smallest absolute Gasteiger partial charge is 0.225 e. The maximum Gasteiger partial charge on any atom is 0.225 e. The van der Waals surface area contributed by atoms with Crippen molar-refractivity contribution in [3.05, 3.63) is 108 Å². The lowest BCUT2D eigenvalue weighted by Gasteiger charge is -2.20. The molecule has 1 N–H and O–H groups in total. The van der Waals surface area contributed by atoms with Gasteiger partial charge in [0.25, 0.3) is 0 Å². The molecule has 0 aliphatic rings. The molecule has 3 heteroatoms. The van der Waals surface area contributed by atoms with Crippen LogP contribution in [0.4, 0.5) is 0 Å². The molecule has 0 atom stereocenters. The van der Waals surface area contributed by atoms with Crippen molar-refractivity contribution in [2.75, 3.05) is 0 Å². The maximum absolute atomic E-state index is 12.9. The summed E-state index contributed by atoms with van der Waals surface area (Å²) < 4.78 is 2.07. The zero-order valence-corrected chi connectivity index (χ0v) is 15.3. The van der Waals surface area contributed by atoms with Gasteiger partial charge in [-0.15, -0.1) is 0 Å². The number of hydrogen-bond donors (Lipinski definition) is 1. The van der Waals surface area contributed by atoms with Gasteiger partial charge < -0.3 is 9.88 Å². The van der Waals surface area contributed by atoms with E-state index in [4.69, 9.17) is 0 Å². The number of amides is 1. The van der Waals surface area contributed by atoms with Gasteiger partial charge in [0.15, 0.2) is 0 Å². The van der Waals surface area contributed by atoms with Crippen LogP contribution in [-0.4, -0.2) is 10.5 Å². The summed E-state index contributed by atoms with van der Waals surface area (Å²) >= 11 is 0. The molecule has 0 spiro atoms. The van der Waals surface area contributed by atoms with Gasteiger partial charge in [-0.3, -0.25) is 4.79 Å². The first kappa shape index (κ1) is 17.1. The molecule has 0 aliphatic carbocycles. The van der Waals surface area contributed by atoms with Gasteiger partial charge in [0.05, 0.1) is 12.5 Å². The lowest BCUT2D eigenvalue weighted by molar-refractivity contribution is -0.120. The topological polar surface area (TPSA) is 34.0 Å². The number of aryl methyl sites for hydroxylation is 1. The van der Waals surface area contributed by atoms with Gasteiger partial charge >= 0.3 is 0 Å². The van der Waals surface area contributed by atoms with Crippen LogP contribution in [0.15, 0.2) is 91.1 Å². The second-order valence-electron chi connectivity index (χ2n) is 6.78. The summed E-state index contributed by atoms with van der Waals surface area (Å²) in [7, 11) is 2.01. The van der Waals surface area contributed by atoms with Crippen LogP contribution < -0.4 is 5.32 Å². The average Bonchev–Trinajstić information content (AvgIpc) is 3.03. The highest BCUT2D eigenvalue weighted by Gasteiger charge is 2.18. The summed E-state index contributed by atoms with van der Waals surface area (Å²) in [4.78, 5) is 12.9. The third kappa shape index (κ3) is 3.63. The molecule has 0 unspecified atom stereocenters. The molecule has 3 nitrogen and oxygen atoms in total. The van der Waals surface area contributed by atoms with Crippen molar-refractivity contribution in [1.82, 2.24) is 9.88 Å². The second kappa shape index (κ2) is 7.50. The van der Waals surface area contributed by atoms with Gasteiger partial charge in [-0.05, 0) is 22.8 Å². The summed E-state index contributed by atoms with van der Waals surface area (Å²) in [6.45, 7) is 0. The molecule has 0 aliphatic heterocycles. The molecule has 1 amide bonds. The van der Waals surface area contributed by atoms with Gasteiger partial charge in [-0.1, -0.05) is 78.9 Å². The lowest BCUT2D eigenvalue weighted by atomic mass is 9.98. The number of carbonyl (C=O) groups is 1. The third-order valence-electron chi connectivity index (χ3n) is 4.90. The van der Waals surface area contributed by atoms with Gasteiger partial charge in [0.2, 0.25) is 5.91 Å². The molecule has 4 rings (SSSR count). The van der Waals surface area contributed by atoms with Crippen LogP contribution in [-0.2, 0) is 18.3 Å². The van der Waals surface area contributed by atoms with E-state index in [1.54, 1.807) is 0 Å². The number of hydrogen-bond acceptors (Lipinski definition) is 1. The largest absolute Gasteiger partial charge is 0.350 e. The molecule has 1 aromatic heterocycles. The number of fused-ring (bicyclic) bond motifs is 1. The van der Waals surface area contributed by atoms with Crippen molar-refractivity contribution >= 4 is 16.8 Å². The van der Waals surface area contributed by atoms with Crippen LogP contribution >= 0.6 is 0 Å². The van der Waals surface area contributed by atoms with E-state index in [2.05, 4.69) is 46.3 Å². The fourth-order valence-electron chi connectivity index (χ4n) is 3.60. The van der Waals surface area contributed by atoms with E-state index < -0.39 is 0 Å². The first-order chi connectivity index (χ1) is 13.2. The van der Waals surface area contributed by atoms with Crippen molar-refractivity contribution in [3.63, 3.8) is 0 Å². The van der Waals surface area contributed by atoms with E-state index in [0.29, 0.717) is 6.42 Å². The average molecular weight is 354 g/mol. The predicted molar refractivity (Wildman–Crippen MR) is 109 cm³/mol. The highest BCUT2D eigenvalue weighted by molar-refractivity contribution is 5.89. The van der Waals surface area contributed by atoms with Crippen molar-refractivity contribution in [2.45, 2.75) is 12.5 Å². The van der Waals surface area contributed by atoms with Crippen molar-refractivity contribution in [3.8, 4) is 0 Å². The normalized spacial score (nSPS) is 11.0. The number of nitrogens with zero attached hydrogens (tertiary/aromatic N) is 1. The minimum absolute atomic E-state index is 0.0176. The quantitative estimate of drug-likeness (QED) is 0.557. The molecule has 0 fully saturated rings. The molecule has 3 aromatic carbocycles. The summed E-state index contributed by atoms with van der Waals surface area (Å²) in [5.74, 6) is 0.0176. The number of nitrogens with one attached hydrogen (secondary N) is 1. The van der Waals surface area contributed by atoms with E-state index >= 15 is 0 Å². The van der Waals surface area contributed by atoms with Crippen LogP contribution in [0.1, 0.15) is 22.7 Å². The number of aromatic nitrogens is 1. The molecule has 0 radical (unpaired) electrons. The van der Waals surface area contributed by atoms with Crippen LogP contribution in [0.5, 0.6) is 0 Å². The van der Waals surface area contributed by atoms with E-state index in [1.165, 1.54) is 0 Å². The first-order valence-corrected chi connectivity index (χ1v) is 9.14. The highest BCUT2D eigenvalue weighted by atomic mass is 16.1. The first-order valence-electron chi connectivity index (χ1n) is 9.14. The Morgan fingerprint density at radius 1 is 0.852 bits per heavy atom. The van der Waals surface area contributed by atoms with Crippen LogP contribution in [0.25, 0.3) is 10.9 Å². The summed E-state index contributed by atoms with van der Waals surface area (Å²) in [6.07, 6.45) is 2.40. The van der Waals surface area contributed by atoms with Crippen molar-refractivity contribution < 1.29 is 4.79 Å².